The van der Waals surface area contributed by atoms with E-state index >= 15 is 0 Å². The van der Waals surface area contributed by atoms with Gasteiger partial charge in [0.2, 0.25) is 11.8 Å². The number of hydrogen-bond donors (Lipinski definition) is 2. The van der Waals surface area contributed by atoms with Crippen molar-refractivity contribution in [1.29, 1.82) is 0 Å². The number of rotatable bonds is 10. The fourth-order valence-electron chi connectivity index (χ4n) is 2.95. The molecule has 6 heteroatoms. The Labute approximate surface area is 166 Å². The van der Waals surface area contributed by atoms with Gasteiger partial charge in [0.15, 0.2) is 0 Å². The molecule has 0 aliphatic carbocycles. The van der Waals surface area contributed by atoms with Gasteiger partial charge >= 0.3 is 0 Å². The van der Waals surface area contributed by atoms with E-state index in [-0.39, 0.29) is 18.4 Å². The van der Waals surface area contributed by atoms with Crippen molar-refractivity contribution >= 4 is 11.8 Å². The van der Waals surface area contributed by atoms with Crippen LogP contribution in [0.2, 0.25) is 0 Å². The summed E-state index contributed by atoms with van der Waals surface area (Å²) in [5.41, 5.74) is 1.66. The molecule has 2 aromatic carbocycles. The molecule has 28 heavy (non-hydrogen) atoms. The van der Waals surface area contributed by atoms with Gasteiger partial charge in [-0.05, 0) is 29.7 Å². The second-order valence-electron chi connectivity index (χ2n) is 6.40. The van der Waals surface area contributed by atoms with Gasteiger partial charge in [-0.2, -0.15) is 0 Å². The summed E-state index contributed by atoms with van der Waals surface area (Å²) in [6, 6.07) is 16.0. The van der Waals surface area contributed by atoms with Crippen molar-refractivity contribution in [2.45, 2.75) is 32.4 Å². The van der Waals surface area contributed by atoms with Crippen molar-refractivity contribution in [1.82, 2.24) is 10.2 Å². The number of carbonyl (C=O) groups excluding carboxylic acids is 2. The van der Waals surface area contributed by atoms with Crippen LogP contribution >= 0.6 is 0 Å². The topological polar surface area (TPSA) is 78.9 Å². The molecule has 0 saturated carbocycles. The molecule has 150 valence electrons. The Morgan fingerprint density at radius 1 is 1.11 bits per heavy atom. The number of nitrogens with zero attached hydrogens (tertiary/aromatic N) is 1. The van der Waals surface area contributed by atoms with Crippen LogP contribution in [0.25, 0.3) is 0 Å². The summed E-state index contributed by atoms with van der Waals surface area (Å²) in [6.45, 7) is 2.45. The summed E-state index contributed by atoms with van der Waals surface area (Å²) in [4.78, 5) is 27.3. The maximum absolute atomic E-state index is 13.0. The van der Waals surface area contributed by atoms with Gasteiger partial charge < -0.3 is 20.1 Å². The molecule has 6 nitrogen and oxygen atoms in total. The molecular weight excluding hydrogens is 356 g/mol. The van der Waals surface area contributed by atoms with E-state index in [1.54, 1.807) is 18.9 Å². The van der Waals surface area contributed by atoms with Gasteiger partial charge in [-0.15, -0.1) is 0 Å². The molecule has 0 aromatic heterocycles. The zero-order valence-corrected chi connectivity index (χ0v) is 16.4. The molecule has 1 atom stereocenters. The fraction of sp³-hybridized carbons (Fsp3) is 0.364. The average Bonchev–Trinajstić information content (AvgIpc) is 2.74. The number of aliphatic hydroxyl groups excluding tert-OH is 1. The van der Waals surface area contributed by atoms with Crippen LogP contribution in [0.5, 0.6) is 5.75 Å². The van der Waals surface area contributed by atoms with Gasteiger partial charge in [0.1, 0.15) is 11.8 Å². The first kappa shape index (κ1) is 21.4. The zero-order chi connectivity index (χ0) is 20.4. The van der Waals surface area contributed by atoms with Crippen LogP contribution in [0.4, 0.5) is 0 Å². The molecule has 0 bridgehead atoms. The number of aliphatic hydroxyl groups is 1. The van der Waals surface area contributed by atoms with Crippen LogP contribution in [0.1, 0.15) is 36.9 Å². The third-order valence-corrected chi connectivity index (χ3v) is 4.44. The molecule has 2 aromatic rings. The molecule has 2 rings (SSSR count). The molecule has 0 saturated heterocycles. The molecule has 0 fully saturated rings. The number of amides is 2. The Kier molecular flexibility index (Phi) is 8.49. The lowest BCUT2D eigenvalue weighted by Gasteiger charge is -2.31. The van der Waals surface area contributed by atoms with Crippen molar-refractivity contribution in [3.05, 3.63) is 65.7 Å². The van der Waals surface area contributed by atoms with Gasteiger partial charge in [-0.25, -0.2) is 0 Å². The van der Waals surface area contributed by atoms with E-state index in [1.165, 1.54) is 0 Å². The largest absolute Gasteiger partial charge is 0.497 e. The number of hydrogen-bond acceptors (Lipinski definition) is 4. The molecule has 2 amide bonds. The van der Waals surface area contributed by atoms with Crippen molar-refractivity contribution in [3.63, 3.8) is 0 Å². The van der Waals surface area contributed by atoms with Gasteiger partial charge in [0.05, 0.1) is 7.11 Å². The predicted molar refractivity (Wildman–Crippen MR) is 108 cm³/mol. The van der Waals surface area contributed by atoms with E-state index in [2.05, 4.69) is 5.32 Å². The molecule has 0 aliphatic rings. The van der Waals surface area contributed by atoms with E-state index in [4.69, 9.17) is 9.84 Å². The van der Waals surface area contributed by atoms with E-state index in [1.807, 2.05) is 54.6 Å². The van der Waals surface area contributed by atoms with E-state index in [0.29, 0.717) is 25.9 Å². The summed E-state index contributed by atoms with van der Waals surface area (Å²) in [7, 11) is 1.60. The third kappa shape index (κ3) is 5.82. The van der Waals surface area contributed by atoms with Crippen LogP contribution in [-0.4, -0.2) is 42.1 Å². The average molecular weight is 384 g/mol. The van der Waals surface area contributed by atoms with Gasteiger partial charge in [-0.3, -0.25) is 9.59 Å². The first-order chi connectivity index (χ1) is 13.6. The molecular formula is C22H28N2O4. The minimum absolute atomic E-state index is 0.000261. The Morgan fingerprint density at radius 2 is 1.79 bits per heavy atom. The maximum atomic E-state index is 13.0. The minimum atomic E-state index is -0.741. The van der Waals surface area contributed by atoms with Crippen LogP contribution in [0.3, 0.4) is 0 Å². The number of carbonyl (C=O) groups is 2. The highest BCUT2D eigenvalue weighted by atomic mass is 16.5. The van der Waals surface area contributed by atoms with Crippen molar-refractivity contribution in [2.24, 2.45) is 0 Å². The second kappa shape index (κ2) is 11.1. The monoisotopic (exact) mass is 384 g/mol. The normalized spacial score (nSPS) is 11.5. The lowest BCUT2D eigenvalue weighted by molar-refractivity contribution is -0.141. The van der Waals surface area contributed by atoms with Crippen LogP contribution in [-0.2, 0) is 16.1 Å². The van der Waals surface area contributed by atoms with Crippen LogP contribution in [0.15, 0.2) is 54.6 Å². The highest BCUT2D eigenvalue weighted by Crippen LogP contribution is 2.25. The first-order valence-electron chi connectivity index (χ1n) is 9.46. The standard InChI is InChI=1S/C22H28N2O4/c1-3-20(26)24(16-17-10-12-19(28-2)13-11-17)21(18-8-5-4-6-9-18)22(27)23-14-7-15-25/h4-6,8-13,21,25H,3,7,14-16H2,1-2H3,(H,23,27). The van der Waals surface area contributed by atoms with E-state index < -0.39 is 6.04 Å². The molecule has 0 aliphatic heterocycles. The summed E-state index contributed by atoms with van der Waals surface area (Å²) < 4.78 is 5.19. The van der Waals surface area contributed by atoms with Gasteiger partial charge in [-0.1, -0.05) is 49.4 Å². The van der Waals surface area contributed by atoms with Crippen molar-refractivity contribution in [3.8, 4) is 5.75 Å². The fourth-order valence-corrected chi connectivity index (χ4v) is 2.95. The quantitative estimate of drug-likeness (QED) is 0.618. The Hall–Kier alpha value is -2.86. The molecule has 0 heterocycles. The summed E-state index contributed by atoms with van der Waals surface area (Å²) in [6.07, 6.45) is 0.761. The van der Waals surface area contributed by atoms with Crippen molar-refractivity contribution < 1.29 is 19.4 Å². The predicted octanol–water partition coefficient (Wildman–Crippen LogP) is 2.67. The first-order valence-corrected chi connectivity index (χ1v) is 9.46. The number of benzene rings is 2. The Bertz CT molecular complexity index is 747. The summed E-state index contributed by atoms with van der Waals surface area (Å²) in [5.74, 6) is 0.371. The third-order valence-electron chi connectivity index (χ3n) is 4.44. The van der Waals surface area contributed by atoms with Crippen molar-refractivity contribution in [2.75, 3.05) is 20.3 Å². The summed E-state index contributed by atoms with van der Waals surface area (Å²) in [5, 5.41) is 11.8. The van der Waals surface area contributed by atoms with Gasteiger partial charge in [0, 0.05) is 26.1 Å². The Morgan fingerprint density at radius 3 is 2.36 bits per heavy atom. The molecule has 2 N–H and O–H groups in total. The highest BCUT2D eigenvalue weighted by molar-refractivity contribution is 5.88. The molecule has 0 spiro atoms. The van der Waals surface area contributed by atoms with Crippen LogP contribution < -0.4 is 10.1 Å². The Balaban J connectivity index is 2.34. The minimum Gasteiger partial charge on any atom is -0.497 e. The lowest BCUT2D eigenvalue weighted by Crippen LogP contribution is -2.43. The smallest absolute Gasteiger partial charge is 0.247 e. The number of methoxy groups -OCH3 is 1. The second-order valence-corrected chi connectivity index (χ2v) is 6.40. The molecule has 1 unspecified atom stereocenters. The maximum Gasteiger partial charge on any atom is 0.247 e. The molecule has 0 radical (unpaired) electrons. The summed E-state index contributed by atoms with van der Waals surface area (Å²) >= 11 is 0. The number of nitrogens with one attached hydrogen (secondary N) is 1. The van der Waals surface area contributed by atoms with Crippen LogP contribution in [0, 0.1) is 0 Å². The highest BCUT2D eigenvalue weighted by Gasteiger charge is 2.30. The zero-order valence-electron chi connectivity index (χ0n) is 16.4. The van der Waals surface area contributed by atoms with E-state index in [9.17, 15) is 9.59 Å². The SMILES string of the molecule is CCC(=O)N(Cc1ccc(OC)cc1)C(C(=O)NCCCO)c1ccccc1. The van der Waals surface area contributed by atoms with Gasteiger partial charge in [0.25, 0.3) is 0 Å². The number of ether oxygens (including phenoxy) is 1. The van der Waals surface area contributed by atoms with E-state index in [0.717, 1.165) is 16.9 Å². The lowest BCUT2D eigenvalue weighted by atomic mass is 10.0.